The van der Waals surface area contributed by atoms with Crippen LogP contribution < -0.4 is 9.47 Å². The number of fused-ring (bicyclic) bond motifs is 1. The number of ether oxygens (including phenoxy) is 2. The van der Waals surface area contributed by atoms with Crippen molar-refractivity contribution in [1.29, 1.82) is 0 Å². The molecule has 1 aromatic carbocycles. The second-order valence-electron chi connectivity index (χ2n) is 2.79. The normalized spacial score (nSPS) is 13.4. The Balaban J connectivity index is 2.37. The first-order valence-corrected chi connectivity index (χ1v) is 5.01. The standard InChI is InChI=1S/C9H9ClO2S/c10-7-3-6(1-2-13)4-8-9(7)12-5-11-8/h3-4,13H,1-2,5H2. The van der Waals surface area contributed by atoms with Gasteiger partial charge in [-0.2, -0.15) is 12.6 Å². The zero-order chi connectivity index (χ0) is 9.26. The minimum absolute atomic E-state index is 0.263. The van der Waals surface area contributed by atoms with Crippen LogP contribution in [0, 0.1) is 0 Å². The minimum atomic E-state index is 0.263. The van der Waals surface area contributed by atoms with Crippen molar-refractivity contribution in [2.75, 3.05) is 12.5 Å². The van der Waals surface area contributed by atoms with Crippen molar-refractivity contribution in [2.45, 2.75) is 6.42 Å². The Morgan fingerprint density at radius 2 is 2.23 bits per heavy atom. The summed E-state index contributed by atoms with van der Waals surface area (Å²) in [6, 6.07) is 3.84. The Bertz CT molecular complexity index is 328. The topological polar surface area (TPSA) is 18.5 Å². The van der Waals surface area contributed by atoms with Crippen LogP contribution in [0.3, 0.4) is 0 Å². The molecule has 0 saturated carbocycles. The summed E-state index contributed by atoms with van der Waals surface area (Å²) in [5.41, 5.74) is 1.13. The van der Waals surface area contributed by atoms with E-state index in [-0.39, 0.29) is 6.79 Å². The number of benzene rings is 1. The molecular formula is C9H9ClO2S. The monoisotopic (exact) mass is 216 g/mol. The molecular weight excluding hydrogens is 208 g/mol. The zero-order valence-electron chi connectivity index (χ0n) is 6.92. The van der Waals surface area contributed by atoms with Gasteiger partial charge in [-0.3, -0.25) is 0 Å². The number of aryl methyl sites for hydroxylation is 1. The van der Waals surface area contributed by atoms with Gasteiger partial charge in [0.2, 0.25) is 6.79 Å². The van der Waals surface area contributed by atoms with Gasteiger partial charge in [-0.05, 0) is 29.9 Å². The van der Waals surface area contributed by atoms with Crippen molar-refractivity contribution in [3.8, 4) is 11.5 Å². The van der Waals surface area contributed by atoms with Crippen molar-refractivity contribution < 1.29 is 9.47 Å². The van der Waals surface area contributed by atoms with Crippen molar-refractivity contribution in [3.05, 3.63) is 22.7 Å². The summed E-state index contributed by atoms with van der Waals surface area (Å²) in [6.45, 7) is 0.263. The highest BCUT2D eigenvalue weighted by molar-refractivity contribution is 7.80. The van der Waals surface area contributed by atoms with Crippen LogP contribution >= 0.6 is 24.2 Å². The highest BCUT2D eigenvalue weighted by Crippen LogP contribution is 2.39. The molecule has 0 aromatic heterocycles. The lowest BCUT2D eigenvalue weighted by Gasteiger charge is -2.02. The SMILES string of the molecule is SCCc1cc(Cl)c2c(c1)OCO2. The zero-order valence-corrected chi connectivity index (χ0v) is 8.57. The maximum Gasteiger partial charge on any atom is 0.231 e. The molecule has 70 valence electrons. The lowest BCUT2D eigenvalue weighted by Crippen LogP contribution is -1.93. The molecule has 13 heavy (non-hydrogen) atoms. The Hall–Kier alpha value is -0.540. The van der Waals surface area contributed by atoms with Crippen LogP contribution in [-0.4, -0.2) is 12.5 Å². The Kier molecular flexibility index (Phi) is 2.56. The van der Waals surface area contributed by atoms with E-state index in [1.54, 1.807) is 0 Å². The van der Waals surface area contributed by atoms with E-state index in [0.717, 1.165) is 23.5 Å². The number of thiol groups is 1. The summed E-state index contributed by atoms with van der Waals surface area (Å²) in [5.74, 6) is 2.20. The maximum atomic E-state index is 5.98. The maximum absolute atomic E-state index is 5.98. The fraction of sp³-hybridized carbons (Fsp3) is 0.333. The molecule has 0 N–H and O–H groups in total. The van der Waals surface area contributed by atoms with Crippen LogP contribution in [-0.2, 0) is 6.42 Å². The van der Waals surface area contributed by atoms with Crippen LogP contribution in [0.1, 0.15) is 5.56 Å². The molecule has 0 saturated heterocycles. The van der Waals surface area contributed by atoms with Crippen LogP contribution in [0.25, 0.3) is 0 Å². The Morgan fingerprint density at radius 3 is 3.00 bits per heavy atom. The first kappa shape index (κ1) is 9.03. The highest BCUT2D eigenvalue weighted by Gasteiger charge is 2.17. The molecule has 4 heteroatoms. The van der Waals surface area contributed by atoms with E-state index < -0.39 is 0 Å². The summed E-state index contributed by atoms with van der Waals surface area (Å²) in [7, 11) is 0. The van der Waals surface area contributed by atoms with Crippen LogP contribution in [0.4, 0.5) is 0 Å². The third kappa shape index (κ3) is 1.71. The Labute approximate surface area is 87.2 Å². The van der Waals surface area contributed by atoms with Crippen molar-refractivity contribution in [2.24, 2.45) is 0 Å². The predicted octanol–water partition coefficient (Wildman–Crippen LogP) is 2.54. The van der Waals surface area contributed by atoms with Gasteiger partial charge >= 0.3 is 0 Å². The van der Waals surface area contributed by atoms with Crippen molar-refractivity contribution in [1.82, 2.24) is 0 Å². The van der Waals surface area contributed by atoms with E-state index in [1.165, 1.54) is 0 Å². The molecule has 0 amide bonds. The van der Waals surface area contributed by atoms with E-state index in [0.29, 0.717) is 10.8 Å². The molecule has 0 radical (unpaired) electrons. The second kappa shape index (κ2) is 3.68. The Morgan fingerprint density at radius 1 is 1.38 bits per heavy atom. The average Bonchev–Trinajstić information content (AvgIpc) is 2.53. The fourth-order valence-corrected chi connectivity index (χ4v) is 1.84. The summed E-state index contributed by atoms with van der Waals surface area (Å²) < 4.78 is 10.4. The summed E-state index contributed by atoms with van der Waals surface area (Å²) in [5, 5.41) is 0.617. The molecule has 0 spiro atoms. The lowest BCUT2D eigenvalue weighted by molar-refractivity contribution is 0.174. The predicted molar refractivity (Wildman–Crippen MR) is 55.1 cm³/mol. The number of rotatable bonds is 2. The van der Waals surface area contributed by atoms with E-state index in [2.05, 4.69) is 12.6 Å². The fourth-order valence-electron chi connectivity index (χ4n) is 1.29. The number of hydrogen-bond donors (Lipinski definition) is 1. The highest BCUT2D eigenvalue weighted by atomic mass is 35.5. The molecule has 2 nitrogen and oxygen atoms in total. The molecule has 0 fully saturated rings. The van der Waals surface area contributed by atoms with Gasteiger partial charge in [0, 0.05) is 0 Å². The van der Waals surface area contributed by atoms with Gasteiger partial charge < -0.3 is 9.47 Å². The quantitative estimate of drug-likeness (QED) is 0.766. The van der Waals surface area contributed by atoms with Crippen molar-refractivity contribution >= 4 is 24.2 Å². The van der Waals surface area contributed by atoms with Gasteiger partial charge in [0.1, 0.15) is 0 Å². The number of hydrogen-bond acceptors (Lipinski definition) is 3. The molecule has 2 rings (SSSR count). The van der Waals surface area contributed by atoms with Gasteiger partial charge in [0.05, 0.1) is 5.02 Å². The van der Waals surface area contributed by atoms with Crippen molar-refractivity contribution in [3.63, 3.8) is 0 Å². The second-order valence-corrected chi connectivity index (χ2v) is 3.64. The molecule has 0 bridgehead atoms. The molecule has 0 unspecified atom stereocenters. The van der Waals surface area contributed by atoms with E-state index >= 15 is 0 Å². The smallest absolute Gasteiger partial charge is 0.231 e. The van der Waals surface area contributed by atoms with Crippen LogP contribution in [0.15, 0.2) is 12.1 Å². The van der Waals surface area contributed by atoms with Gasteiger partial charge in [-0.25, -0.2) is 0 Å². The lowest BCUT2D eigenvalue weighted by atomic mass is 10.1. The van der Waals surface area contributed by atoms with Gasteiger partial charge in [0.25, 0.3) is 0 Å². The number of halogens is 1. The summed E-state index contributed by atoms with van der Waals surface area (Å²) in [4.78, 5) is 0. The minimum Gasteiger partial charge on any atom is -0.454 e. The van der Waals surface area contributed by atoms with Gasteiger partial charge in [0.15, 0.2) is 11.5 Å². The molecule has 1 aliphatic heterocycles. The van der Waals surface area contributed by atoms with Gasteiger partial charge in [-0.15, -0.1) is 0 Å². The van der Waals surface area contributed by atoms with E-state index in [9.17, 15) is 0 Å². The van der Waals surface area contributed by atoms with E-state index in [4.69, 9.17) is 21.1 Å². The molecule has 0 aliphatic carbocycles. The molecule has 1 heterocycles. The first-order valence-electron chi connectivity index (χ1n) is 4.00. The van der Waals surface area contributed by atoms with E-state index in [1.807, 2.05) is 12.1 Å². The molecule has 1 aliphatic rings. The molecule has 1 aromatic rings. The average molecular weight is 217 g/mol. The van der Waals surface area contributed by atoms with Crippen LogP contribution in [0.5, 0.6) is 11.5 Å². The third-order valence-corrected chi connectivity index (χ3v) is 2.39. The largest absolute Gasteiger partial charge is 0.454 e. The summed E-state index contributed by atoms with van der Waals surface area (Å²) in [6.07, 6.45) is 0.888. The first-order chi connectivity index (χ1) is 6.31. The van der Waals surface area contributed by atoms with Crippen LogP contribution in [0.2, 0.25) is 5.02 Å². The molecule has 0 atom stereocenters. The third-order valence-electron chi connectivity index (χ3n) is 1.89. The van der Waals surface area contributed by atoms with Gasteiger partial charge in [-0.1, -0.05) is 11.6 Å². The summed E-state index contributed by atoms with van der Waals surface area (Å²) >= 11 is 10.1.